The number of aromatic nitrogens is 2. The molecule has 0 unspecified atom stereocenters. The average molecular weight is 396 g/mol. The Morgan fingerprint density at radius 1 is 1.21 bits per heavy atom. The van der Waals surface area contributed by atoms with Crippen molar-refractivity contribution in [3.63, 3.8) is 0 Å². The number of amides is 1. The summed E-state index contributed by atoms with van der Waals surface area (Å²) in [6, 6.07) is 8.19. The molecule has 0 saturated carbocycles. The average Bonchev–Trinajstić information content (AvgIpc) is 3.08. The third-order valence-electron chi connectivity index (χ3n) is 5.47. The highest BCUT2D eigenvalue weighted by Gasteiger charge is 2.20. The second kappa shape index (κ2) is 7.87. The van der Waals surface area contributed by atoms with Gasteiger partial charge in [-0.2, -0.15) is 0 Å². The molecule has 0 atom stereocenters. The molecule has 146 valence electrons. The number of thiophene rings is 1. The third kappa shape index (κ3) is 3.74. The first-order valence-electron chi connectivity index (χ1n) is 9.82. The van der Waals surface area contributed by atoms with Crippen LogP contribution in [0.15, 0.2) is 35.4 Å². The van der Waals surface area contributed by atoms with E-state index in [1.807, 2.05) is 26.1 Å². The Morgan fingerprint density at radius 2 is 1.96 bits per heavy atom. The Morgan fingerprint density at radius 3 is 2.75 bits per heavy atom. The molecule has 6 heteroatoms. The largest absolute Gasteiger partial charge is 0.341 e. The number of nitrogens with zero attached hydrogens (tertiary/aromatic N) is 3. The number of carbonyl (C=O) groups is 1. The molecule has 0 radical (unpaired) electrons. The Balaban J connectivity index is 1.46. The smallest absolute Gasteiger partial charge is 0.262 e. The molecule has 4 rings (SSSR count). The number of hydrogen-bond donors (Lipinski definition) is 0. The zero-order valence-corrected chi connectivity index (χ0v) is 17.2. The van der Waals surface area contributed by atoms with E-state index in [2.05, 4.69) is 17.1 Å². The minimum Gasteiger partial charge on any atom is -0.341 e. The summed E-state index contributed by atoms with van der Waals surface area (Å²) in [4.78, 5) is 33.9. The molecule has 2 heterocycles. The Hall–Kier alpha value is -2.47. The molecule has 3 aromatic rings. The van der Waals surface area contributed by atoms with Crippen molar-refractivity contribution in [1.82, 2.24) is 14.5 Å². The van der Waals surface area contributed by atoms with Gasteiger partial charge in [0.05, 0.1) is 11.7 Å². The molecule has 1 aromatic carbocycles. The van der Waals surface area contributed by atoms with Crippen LogP contribution >= 0.6 is 11.3 Å². The van der Waals surface area contributed by atoms with Gasteiger partial charge in [-0.3, -0.25) is 14.2 Å². The van der Waals surface area contributed by atoms with E-state index in [-0.39, 0.29) is 11.5 Å². The van der Waals surface area contributed by atoms with Gasteiger partial charge in [-0.05, 0) is 43.7 Å². The number of fused-ring (bicyclic) bond motifs is 3. The zero-order valence-electron chi connectivity index (χ0n) is 16.4. The highest BCUT2D eigenvalue weighted by molar-refractivity contribution is 7.18. The molecular formula is C22H25N3O2S. The van der Waals surface area contributed by atoms with Crippen LogP contribution < -0.4 is 5.56 Å². The molecule has 1 aliphatic carbocycles. The van der Waals surface area contributed by atoms with Crippen molar-refractivity contribution >= 4 is 27.5 Å². The summed E-state index contributed by atoms with van der Waals surface area (Å²) in [6.45, 7) is 2.98. The van der Waals surface area contributed by atoms with Gasteiger partial charge in [0.15, 0.2) is 0 Å². The normalized spacial score (nSPS) is 13.5. The van der Waals surface area contributed by atoms with Gasteiger partial charge in [0.2, 0.25) is 5.91 Å². The molecule has 0 saturated heterocycles. The summed E-state index contributed by atoms with van der Waals surface area (Å²) in [5.74, 6) is 0.0277. The molecule has 1 amide bonds. The van der Waals surface area contributed by atoms with Crippen molar-refractivity contribution in [2.24, 2.45) is 0 Å². The Labute approximate surface area is 168 Å². The van der Waals surface area contributed by atoms with Crippen molar-refractivity contribution in [2.45, 2.75) is 52.1 Å². The van der Waals surface area contributed by atoms with E-state index < -0.39 is 0 Å². The first-order valence-corrected chi connectivity index (χ1v) is 10.6. The number of hydrogen-bond acceptors (Lipinski definition) is 4. The third-order valence-corrected chi connectivity index (χ3v) is 6.67. The highest BCUT2D eigenvalue weighted by atomic mass is 32.1. The summed E-state index contributed by atoms with van der Waals surface area (Å²) in [5.41, 5.74) is 3.50. The topological polar surface area (TPSA) is 55.2 Å². The van der Waals surface area contributed by atoms with Crippen molar-refractivity contribution in [1.29, 1.82) is 0 Å². The van der Waals surface area contributed by atoms with E-state index in [1.54, 1.807) is 27.1 Å². The maximum Gasteiger partial charge on any atom is 0.262 e. The molecule has 28 heavy (non-hydrogen) atoms. The second-order valence-corrected chi connectivity index (χ2v) is 8.70. The lowest BCUT2D eigenvalue weighted by atomic mass is 9.97. The monoisotopic (exact) mass is 395 g/mol. The molecular weight excluding hydrogens is 370 g/mol. The summed E-state index contributed by atoms with van der Waals surface area (Å²) in [5, 5.41) is 0.780. The van der Waals surface area contributed by atoms with Gasteiger partial charge in [0.1, 0.15) is 4.83 Å². The van der Waals surface area contributed by atoms with E-state index in [0.717, 1.165) is 35.0 Å². The van der Waals surface area contributed by atoms with Crippen molar-refractivity contribution in [3.8, 4) is 0 Å². The summed E-state index contributed by atoms with van der Waals surface area (Å²) in [6.07, 6.45) is 6.24. The van der Waals surface area contributed by atoms with Gasteiger partial charge >= 0.3 is 0 Å². The number of aryl methyl sites for hydroxylation is 4. The minimum atomic E-state index is -0.00149. The highest BCUT2D eigenvalue weighted by Crippen LogP contribution is 2.33. The lowest BCUT2D eigenvalue weighted by Gasteiger charge is -2.18. The van der Waals surface area contributed by atoms with Crippen LogP contribution in [0, 0.1) is 6.92 Å². The molecule has 0 fully saturated rings. The maximum absolute atomic E-state index is 13.0. The molecule has 0 spiro atoms. The maximum atomic E-state index is 13.0. The fourth-order valence-electron chi connectivity index (χ4n) is 3.80. The predicted octanol–water partition coefficient (Wildman–Crippen LogP) is 3.69. The van der Waals surface area contributed by atoms with Crippen LogP contribution in [0.5, 0.6) is 0 Å². The van der Waals surface area contributed by atoms with Gasteiger partial charge in [-0.25, -0.2) is 4.98 Å². The first-order chi connectivity index (χ1) is 13.5. The van der Waals surface area contributed by atoms with Gasteiger partial charge in [0.25, 0.3) is 5.56 Å². The number of benzene rings is 1. The minimum absolute atomic E-state index is 0.00149. The molecule has 0 aliphatic heterocycles. The van der Waals surface area contributed by atoms with Crippen LogP contribution in [0.3, 0.4) is 0 Å². The van der Waals surface area contributed by atoms with E-state index in [4.69, 9.17) is 0 Å². The predicted molar refractivity (Wildman–Crippen MR) is 113 cm³/mol. The first kappa shape index (κ1) is 18.9. The fraction of sp³-hybridized carbons (Fsp3) is 0.409. The molecule has 0 N–H and O–H groups in total. The van der Waals surface area contributed by atoms with Crippen LogP contribution in [0.2, 0.25) is 0 Å². The fourth-order valence-corrected chi connectivity index (χ4v) is 5.02. The Bertz CT molecular complexity index is 1070. The van der Waals surface area contributed by atoms with Crippen molar-refractivity contribution in [3.05, 3.63) is 62.5 Å². The quantitative estimate of drug-likeness (QED) is 0.662. The van der Waals surface area contributed by atoms with Crippen LogP contribution in [0.25, 0.3) is 10.2 Å². The van der Waals surface area contributed by atoms with Crippen LogP contribution in [0.4, 0.5) is 0 Å². The van der Waals surface area contributed by atoms with Crippen LogP contribution in [0.1, 0.15) is 40.8 Å². The van der Waals surface area contributed by atoms with E-state index in [0.29, 0.717) is 19.5 Å². The molecule has 0 bridgehead atoms. The van der Waals surface area contributed by atoms with Crippen molar-refractivity contribution < 1.29 is 4.79 Å². The summed E-state index contributed by atoms with van der Waals surface area (Å²) < 4.78 is 1.60. The second-order valence-electron chi connectivity index (χ2n) is 7.62. The van der Waals surface area contributed by atoms with Gasteiger partial charge in [-0.1, -0.05) is 29.8 Å². The van der Waals surface area contributed by atoms with Crippen molar-refractivity contribution in [2.75, 3.05) is 7.05 Å². The van der Waals surface area contributed by atoms with Crippen LogP contribution in [-0.4, -0.2) is 27.4 Å². The SMILES string of the molecule is Cc1ccc(CN(C)C(=O)CCn2cnc3sc4c(c3c2=O)CCCC4)cc1. The van der Waals surface area contributed by atoms with E-state index in [9.17, 15) is 9.59 Å². The van der Waals surface area contributed by atoms with Crippen LogP contribution in [-0.2, 0) is 30.7 Å². The number of carbonyl (C=O) groups excluding carboxylic acids is 1. The molecule has 5 nitrogen and oxygen atoms in total. The van der Waals surface area contributed by atoms with Gasteiger partial charge < -0.3 is 4.90 Å². The van der Waals surface area contributed by atoms with Gasteiger partial charge in [0, 0.05) is 31.4 Å². The molecule has 2 aromatic heterocycles. The zero-order chi connectivity index (χ0) is 19.7. The van der Waals surface area contributed by atoms with E-state index >= 15 is 0 Å². The standard InChI is InChI=1S/C22H25N3O2S/c1-15-7-9-16(10-8-15)13-24(2)19(26)11-12-25-14-23-21-20(22(25)27)17-5-3-4-6-18(17)28-21/h7-10,14H,3-6,11-13H2,1-2H3. The summed E-state index contributed by atoms with van der Waals surface area (Å²) in [7, 11) is 1.81. The van der Waals surface area contributed by atoms with E-state index in [1.165, 1.54) is 22.4 Å². The summed E-state index contributed by atoms with van der Waals surface area (Å²) >= 11 is 1.65. The number of rotatable bonds is 5. The molecule has 1 aliphatic rings. The lowest BCUT2D eigenvalue weighted by molar-refractivity contribution is -0.130. The van der Waals surface area contributed by atoms with Gasteiger partial charge in [-0.15, -0.1) is 11.3 Å². The lowest BCUT2D eigenvalue weighted by Crippen LogP contribution is -2.29. The Kier molecular flexibility index (Phi) is 5.31.